The average Bonchev–Trinajstić information content (AvgIpc) is 2.50. The Bertz CT molecular complexity index is 537. The molecule has 1 aromatic rings. The highest BCUT2D eigenvalue weighted by Crippen LogP contribution is 2.16. The third-order valence-electron chi connectivity index (χ3n) is 2.70. The molecule has 0 aliphatic heterocycles. The Labute approximate surface area is 144 Å². The lowest BCUT2D eigenvalue weighted by Gasteiger charge is -2.20. The van der Waals surface area contributed by atoms with Gasteiger partial charge in [0, 0.05) is 37.9 Å². The molecule has 0 fully saturated rings. The third-order valence-corrected chi connectivity index (χ3v) is 3.84. The van der Waals surface area contributed by atoms with E-state index in [4.69, 9.17) is 17.0 Å². The summed E-state index contributed by atoms with van der Waals surface area (Å²) < 4.78 is 5.89. The van der Waals surface area contributed by atoms with Gasteiger partial charge in [-0.25, -0.2) is 0 Å². The molecule has 0 aliphatic rings. The molecular weight excluding hydrogens is 366 g/mol. The van der Waals surface area contributed by atoms with Gasteiger partial charge in [0.25, 0.3) is 5.91 Å². The van der Waals surface area contributed by atoms with Crippen molar-refractivity contribution in [2.45, 2.75) is 6.42 Å². The summed E-state index contributed by atoms with van der Waals surface area (Å²) in [6.07, 6.45) is 4.05. The Balaban J connectivity index is 2.40. The molecule has 0 unspecified atom stereocenters. The summed E-state index contributed by atoms with van der Waals surface area (Å²) in [5.74, 6) is -0.251. The minimum atomic E-state index is -0.251. The number of hydrazine groups is 1. The maximum atomic E-state index is 11.9. The van der Waals surface area contributed by atoms with Gasteiger partial charge < -0.3 is 10.1 Å². The highest BCUT2D eigenvalue weighted by atomic mass is 79.9. The van der Waals surface area contributed by atoms with Gasteiger partial charge in [-0.2, -0.15) is 0 Å². The first kappa shape index (κ1) is 18.6. The molecule has 0 spiro atoms. The van der Waals surface area contributed by atoms with Crippen LogP contribution >= 0.6 is 28.1 Å². The van der Waals surface area contributed by atoms with Crippen molar-refractivity contribution in [3.8, 4) is 0 Å². The molecule has 2 N–H and O–H groups in total. The fourth-order valence-electron chi connectivity index (χ4n) is 1.56. The number of rotatable bonds is 6. The average molecular weight is 386 g/mol. The molecule has 22 heavy (non-hydrogen) atoms. The number of hydrogen-bond donors (Lipinski definition) is 2. The van der Waals surface area contributed by atoms with Crippen LogP contribution in [0.1, 0.15) is 12.0 Å². The van der Waals surface area contributed by atoms with Gasteiger partial charge in [-0.15, -0.1) is 0 Å². The van der Waals surface area contributed by atoms with E-state index in [0.29, 0.717) is 18.3 Å². The zero-order valence-corrected chi connectivity index (χ0v) is 15.0. The summed E-state index contributed by atoms with van der Waals surface area (Å²) in [6.45, 7) is 1.36. The van der Waals surface area contributed by atoms with Gasteiger partial charge in [-0.05, 0) is 36.3 Å². The van der Waals surface area contributed by atoms with Crippen molar-refractivity contribution in [1.82, 2.24) is 15.8 Å². The van der Waals surface area contributed by atoms with Crippen LogP contribution in [0.15, 0.2) is 34.8 Å². The highest BCUT2D eigenvalue weighted by molar-refractivity contribution is 9.10. The van der Waals surface area contributed by atoms with E-state index < -0.39 is 0 Å². The number of halogens is 1. The van der Waals surface area contributed by atoms with Gasteiger partial charge in [-0.1, -0.05) is 34.1 Å². The molecule has 0 saturated heterocycles. The van der Waals surface area contributed by atoms with Gasteiger partial charge in [-0.3, -0.25) is 15.2 Å². The molecule has 7 heteroatoms. The molecule has 1 amide bonds. The third kappa shape index (κ3) is 7.02. The Morgan fingerprint density at radius 1 is 1.45 bits per heavy atom. The summed E-state index contributed by atoms with van der Waals surface area (Å²) in [7, 11) is 3.35. The minimum Gasteiger partial charge on any atom is -0.385 e. The largest absolute Gasteiger partial charge is 0.385 e. The lowest BCUT2D eigenvalue weighted by atomic mass is 10.2. The first-order valence-corrected chi connectivity index (χ1v) is 7.98. The van der Waals surface area contributed by atoms with Gasteiger partial charge in [0.2, 0.25) is 0 Å². The van der Waals surface area contributed by atoms with Crippen molar-refractivity contribution in [3.05, 3.63) is 40.4 Å². The molecule has 1 aromatic carbocycles. The molecule has 120 valence electrons. The topological polar surface area (TPSA) is 53.6 Å². The maximum Gasteiger partial charge on any atom is 0.262 e. The van der Waals surface area contributed by atoms with E-state index in [0.717, 1.165) is 16.5 Å². The number of nitrogens with one attached hydrogen (secondary N) is 2. The van der Waals surface area contributed by atoms with E-state index in [-0.39, 0.29) is 5.91 Å². The number of hydrogen-bond acceptors (Lipinski definition) is 3. The van der Waals surface area contributed by atoms with Crippen LogP contribution in [0, 0.1) is 0 Å². The molecule has 0 bridgehead atoms. The Morgan fingerprint density at radius 3 is 2.86 bits per heavy atom. The van der Waals surface area contributed by atoms with E-state index in [9.17, 15) is 4.79 Å². The van der Waals surface area contributed by atoms with Crippen LogP contribution in [0.25, 0.3) is 6.08 Å². The van der Waals surface area contributed by atoms with E-state index >= 15 is 0 Å². The number of benzene rings is 1. The monoisotopic (exact) mass is 385 g/mol. The van der Waals surface area contributed by atoms with Gasteiger partial charge in [0.15, 0.2) is 5.11 Å². The Hall–Kier alpha value is -1.44. The lowest BCUT2D eigenvalue weighted by Crippen LogP contribution is -2.47. The van der Waals surface area contributed by atoms with Crippen LogP contribution in [-0.2, 0) is 9.53 Å². The number of ether oxygens (including phenoxy) is 1. The minimum absolute atomic E-state index is 0.251. The molecule has 0 atom stereocenters. The Morgan fingerprint density at radius 2 is 2.18 bits per heavy atom. The number of thiocarbonyl (C=S) groups is 1. The van der Waals surface area contributed by atoms with E-state index in [1.807, 2.05) is 24.3 Å². The van der Waals surface area contributed by atoms with Gasteiger partial charge in [0.05, 0.1) is 0 Å². The fourth-order valence-corrected chi connectivity index (χ4v) is 2.12. The van der Waals surface area contributed by atoms with Crippen LogP contribution in [0.5, 0.6) is 0 Å². The lowest BCUT2D eigenvalue weighted by molar-refractivity contribution is -0.119. The number of carbonyl (C=O) groups excluding carboxylic acids is 1. The predicted molar refractivity (Wildman–Crippen MR) is 96.2 cm³/mol. The number of nitrogens with zero attached hydrogens (tertiary/aromatic N) is 1. The number of amides is 1. The van der Waals surface area contributed by atoms with E-state index in [1.54, 1.807) is 20.2 Å². The normalized spacial score (nSPS) is 10.5. The van der Waals surface area contributed by atoms with Crippen LogP contribution in [0.3, 0.4) is 0 Å². The summed E-state index contributed by atoms with van der Waals surface area (Å²) >= 11 is 8.60. The Kier molecular flexibility index (Phi) is 8.72. The van der Waals surface area contributed by atoms with Gasteiger partial charge in [0.1, 0.15) is 0 Å². The summed E-state index contributed by atoms with van der Waals surface area (Å²) in [4.78, 5) is 11.9. The van der Waals surface area contributed by atoms with Crippen molar-refractivity contribution in [2.75, 3.05) is 27.3 Å². The second kappa shape index (κ2) is 10.3. The standard InChI is InChI=1S/C15H20BrN3O2S/c1-19(15(22)17-10-5-11-21-2)18-14(20)9-8-12-6-3-4-7-13(12)16/h3-4,6-9H,5,10-11H2,1-2H3,(H,17,22)(H,18,20)/b9-8+. The van der Waals surface area contributed by atoms with Crippen molar-refractivity contribution < 1.29 is 9.53 Å². The summed E-state index contributed by atoms with van der Waals surface area (Å²) in [5.41, 5.74) is 3.60. The van der Waals surface area contributed by atoms with Crippen molar-refractivity contribution in [1.29, 1.82) is 0 Å². The predicted octanol–water partition coefficient (Wildman–Crippen LogP) is 2.34. The second-order valence-corrected chi connectivity index (χ2v) is 5.71. The van der Waals surface area contributed by atoms with Crippen LogP contribution in [-0.4, -0.2) is 43.3 Å². The molecule has 0 aromatic heterocycles. The fraction of sp³-hybridized carbons (Fsp3) is 0.333. The van der Waals surface area contributed by atoms with Crippen LogP contribution < -0.4 is 10.7 Å². The summed E-state index contributed by atoms with van der Waals surface area (Å²) in [6, 6.07) is 7.67. The van der Waals surface area contributed by atoms with E-state index in [2.05, 4.69) is 26.7 Å². The molecule has 5 nitrogen and oxygen atoms in total. The van der Waals surface area contributed by atoms with Crippen molar-refractivity contribution in [3.63, 3.8) is 0 Å². The smallest absolute Gasteiger partial charge is 0.262 e. The van der Waals surface area contributed by atoms with Crippen molar-refractivity contribution in [2.24, 2.45) is 0 Å². The van der Waals surface area contributed by atoms with Gasteiger partial charge >= 0.3 is 0 Å². The number of carbonyl (C=O) groups is 1. The van der Waals surface area contributed by atoms with E-state index in [1.165, 1.54) is 11.1 Å². The summed E-state index contributed by atoms with van der Waals surface area (Å²) in [5, 5.41) is 4.97. The molecule has 0 heterocycles. The van der Waals surface area contributed by atoms with Crippen LogP contribution in [0.4, 0.5) is 0 Å². The molecular formula is C15H20BrN3O2S. The first-order chi connectivity index (χ1) is 10.5. The first-order valence-electron chi connectivity index (χ1n) is 6.78. The quantitative estimate of drug-likeness (QED) is 0.340. The maximum absolute atomic E-state index is 11.9. The SMILES string of the molecule is COCCCNC(=S)N(C)NC(=O)/C=C/c1ccccc1Br. The number of methoxy groups -OCH3 is 1. The second-order valence-electron chi connectivity index (χ2n) is 4.47. The highest BCUT2D eigenvalue weighted by Gasteiger charge is 2.05. The van der Waals surface area contributed by atoms with Crippen molar-refractivity contribution >= 4 is 45.2 Å². The molecule has 1 rings (SSSR count). The molecule has 0 aliphatic carbocycles. The molecule has 0 saturated carbocycles. The zero-order valence-electron chi connectivity index (χ0n) is 12.6. The zero-order chi connectivity index (χ0) is 16.4. The molecule has 0 radical (unpaired) electrons. The van der Waals surface area contributed by atoms with Crippen LogP contribution in [0.2, 0.25) is 0 Å².